The fourth-order valence-electron chi connectivity index (χ4n) is 6.99. The minimum Gasteiger partial charge on any atom is -0.456 e. The zero-order chi connectivity index (χ0) is 29.8. The van der Waals surface area contributed by atoms with Crippen LogP contribution in [0.15, 0.2) is 150 Å². The minimum atomic E-state index is 0.397. The van der Waals surface area contributed by atoms with E-state index < -0.39 is 0 Å². The van der Waals surface area contributed by atoms with Gasteiger partial charge in [0.2, 0.25) is 0 Å². The second-order valence-corrected chi connectivity index (χ2v) is 11.2. The van der Waals surface area contributed by atoms with Crippen LogP contribution in [0.2, 0.25) is 0 Å². The fourth-order valence-corrected chi connectivity index (χ4v) is 6.99. The van der Waals surface area contributed by atoms with E-state index in [4.69, 9.17) is 4.42 Å². The van der Waals surface area contributed by atoms with Crippen molar-refractivity contribution >= 4 is 76.3 Å². The Balaban J connectivity index is 1.44. The van der Waals surface area contributed by atoms with Crippen molar-refractivity contribution in [2.75, 3.05) is 0 Å². The van der Waals surface area contributed by atoms with Gasteiger partial charge in [-0.3, -0.25) is 0 Å². The second kappa shape index (κ2) is 8.37. The highest BCUT2D eigenvalue weighted by atomic mass is 16.3. The first kappa shape index (κ1) is 21.0. The Hall–Kier alpha value is -5.80. The summed E-state index contributed by atoms with van der Waals surface area (Å²) in [6.07, 6.45) is 0. The van der Waals surface area contributed by atoms with Gasteiger partial charge in [-0.15, -0.1) is 0 Å². The molecule has 10 rings (SSSR count). The zero-order valence-corrected chi connectivity index (χ0v) is 23.0. The molecule has 0 saturated heterocycles. The Kier molecular flexibility index (Phi) is 4.08. The van der Waals surface area contributed by atoms with Crippen LogP contribution in [0.3, 0.4) is 0 Å². The highest BCUT2D eigenvalue weighted by molar-refractivity contribution is 6.25. The standard InChI is InChI=1S/C40H24N2O/c1-2-11-26(12-3-1)41-35-20-18-25-10-4-5-13-28(25)40(35)33-23-31-29-14-6-8-16-34(29)42(36(31)24-37(33)41)27-19-21-39-32(22-27)30-15-7-9-17-38(30)43-39/h1-24H/i23D,24D. The first-order valence-electron chi connectivity index (χ1n) is 15.5. The first-order valence-corrected chi connectivity index (χ1v) is 14.5. The van der Waals surface area contributed by atoms with Gasteiger partial charge in [0.25, 0.3) is 0 Å². The third-order valence-electron chi connectivity index (χ3n) is 8.85. The van der Waals surface area contributed by atoms with E-state index in [1.165, 1.54) is 0 Å². The molecule has 0 spiro atoms. The number of hydrogen-bond acceptors (Lipinski definition) is 1. The Bertz CT molecular complexity index is 2840. The molecule has 0 aliphatic heterocycles. The smallest absolute Gasteiger partial charge is 0.135 e. The maximum atomic E-state index is 10.0. The third-order valence-corrected chi connectivity index (χ3v) is 8.85. The Labute approximate surface area is 249 Å². The van der Waals surface area contributed by atoms with Crippen LogP contribution in [0.4, 0.5) is 0 Å². The Morgan fingerprint density at radius 3 is 2.02 bits per heavy atom. The van der Waals surface area contributed by atoms with Crippen molar-refractivity contribution in [3.63, 3.8) is 0 Å². The van der Waals surface area contributed by atoms with Gasteiger partial charge in [-0.25, -0.2) is 0 Å². The third kappa shape index (κ3) is 3.08. The molecule has 0 aliphatic rings. The van der Waals surface area contributed by atoms with E-state index in [9.17, 15) is 2.74 Å². The maximum Gasteiger partial charge on any atom is 0.135 e. The van der Waals surface area contributed by atoms with Crippen LogP contribution in [0.5, 0.6) is 0 Å². The summed E-state index contributed by atoms with van der Waals surface area (Å²) in [5, 5.41) is 7.86. The molecule has 43 heavy (non-hydrogen) atoms. The molecule has 0 aliphatic carbocycles. The molecule has 3 aromatic heterocycles. The van der Waals surface area contributed by atoms with E-state index in [2.05, 4.69) is 81.9 Å². The molecule has 0 bridgehead atoms. The average Bonchev–Trinajstić information content (AvgIpc) is 3.76. The maximum absolute atomic E-state index is 10.0. The summed E-state index contributed by atoms with van der Waals surface area (Å²) < 4.78 is 30.4. The summed E-state index contributed by atoms with van der Waals surface area (Å²) in [4.78, 5) is 0. The van der Waals surface area contributed by atoms with Gasteiger partial charge in [-0.05, 0) is 71.4 Å². The first-order chi connectivity index (χ1) is 22.2. The largest absolute Gasteiger partial charge is 0.456 e. The number of para-hydroxylation sites is 3. The lowest BCUT2D eigenvalue weighted by Gasteiger charge is -2.10. The summed E-state index contributed by atoms with van der Waals surface area (Å²) in [7, 11) is 0. The Morgan fingerprint density at radius 2 is 1.12 bits per heavy atom. The van der Waals surface area contributed by atoms with Gasteiger partial charge < -0.3 is 13.6 Å². The zero-order valence-electron chi connectivity index (χ0n) is 25.0. The van der Waals surface area contributed by atoms with Crippen LogP contribution in [0.1, 0.15) is 2.74 Å². The van der Waals surface area contributed by atoms with Crippen LogP contribution >= 0.6 is 0 Å². The van der Waals surface area contributed by atoms with Crippen molar-refractivity contribution in [2.24, 2.45) is 0 Å². The molecule has 0 atom stereocenters. The van der Waals surface area contributed by atoms with Crippen molar-refractivity contribution in [3.8, 4) is 11.4 Å². The molecule has 3 heterocycles. The van der Waals surface area contributed by atoms with Crippen LogP contribution in [-0.4, -0.2) is 9.13 Å². The molecule has 0 N–H and O–H groups in total. The number of benzene rings is 7. The predicted molar refractivity (Wildman–Crippen MR) is 180 cm³/mol. The van der Waals surface area contributed by atoms with Gasteiger partial charge in [0.15, 0.2) is 0 Å². The van der Waals surface area contributed by atoms with E-state index in [-0.39, 0.29) is 0 Å². The summed E-state index contributed by atoms with van der Waals surface area (Å²) in [6, 6.07) is 46.2. The number of furan rings is 1. The summed E-state index contributed by atoms with van der Waals surface area (Å²) in [5.74, 6) is 0. The summed E-state index contributed by atoms with van der Waals surface area (Å²) >= 11 is 0. The van der Waals surface area contributed by atoms with E-state index >= 15 is 0 Å². The molecule has 10 aromatic rings. The molecule has 3 nitrogen and oxygen atoms in total. The van der Waals surface area contributed by atoms with Crippen molar-refractivity contribution in [1.29, 1.82) is 0 Å². The van der Waals surface area contributed by atoms with Gasteiger partial charge in [0.05, 0.1) is 24.8 Å². The van der Waals surface area contributed by atoms with Gasteiger partial charge in [-0.1, -0.05) is 84.9 Å². The monoisotopic (exact) mass is 550 g/mol. The summed E-state index contributed by atoms with van der Waals surface area (Å²) in [6.45, 7) is 0. The van der Waals surface area contributed by atoms with E-state index in [0.717, 1.165) is 87.7 Å². The predicted octanol–water partition coefficient (Wildman–Crippen LogP) is 10.9. The van der Waals surface area contributed by atoms with Gasteiger partial charge in [-0.2, -0.15) is 0 Å². The topological polar surface area (TPSA) is 23.0 Å². The van der Waals surface area contributed by atoms with Crippen molar-refractivity contribution < 1.29 is 7.16 Å². The highest BCUT2D eigenvalue weighted by Crippen LogP contribution is 2.42. The lowest BCUT2D eigenvalue weighted by atomic mass is 10.0. The molecule has 200 valence electrons. The minimum absolute atomic E-state index is 0.397. The number of fused-ring (bicyclic) bond motifs is 11. The number of hydrogen-bond donors (Lipinski definition) is 0. The molecular weight excluding hydrogens is 524 g/mol. The van der Waals surface area contributed by atoms with Crippen LogP contribution in [0, 0.1) is 0 Å². The summed E-state index contributed by atoms with van der Waals surface area (Å²) in [5.41, 5.74) is 7.00. The average molecular weight is 551 g/mol. The Morgan fingerprint density at radius 1 is 0.419 bits per heavy atom. The SMILES string of the molecule is [2H]c1c2c3ccccc3n(-c3ccc4oc5ccccc5c4c3)c2c([2H])c2c1c1c3ccccc3ccc1n2-c1ccccc1. The number of rotatable bonds is 2. The fraction of sp³-hybridized carbons (Fsp3) is 0. The van der Waals surface area contributed by atoms with E-state index in [0.29, 0.717) is 12.1 Å². The lowest BCUT2D eigenvalue weighted by Crippen LogP contribution is -1.95. The molecule has 0 fully saturated rings. The van der Waals surface area contributed by atoms with Gasteiger partial charge in [0.1, 0.15) is 11.2 Å². The van der Waals surface area contributed by atoms with Crippen LogP contribution in [0.25, 0.3) is 87.7 Å². The number of aromatic nitrogens is 2. The van der Waals surface area contributed by atoms with Crippen molar-refractivity contribution in [3.05, 3.63) is 146 Å². The normalized spacial score (nSPS) is 12.8. The van der Waals surface area contributed by atoms with Crippen LogP contribution < -0.4 is 0 Å². The van der Waals surface area contributed by atoms with Crippen molar-refractivity contribution in [2.45, 2.75) is 0 Å². The quantitative estimate of drug-likeness (QED) is 0.210. The highest BCUT2D eigenvalue weighted by Gasteiger charge is 2.20. The molecule has 0 unspecified atom stereocenters. The second-order valence-electron chi connectivity index (χ2n) is 11.2. The molecule has 0 amide bonds. The molecule has 0 radical (unpaired) electrons. The molecule has 0 saturated carbocycles. The molecule has 7 aromatic carbocycles. The number of nitrogens with zero attached hydrogens (tertiary/aromatic N) is 2. The lowest BCUT2D eigenvalue weighted by molar-refractivity contribution is 0.669. The van der Waals surface area contributed by atoms with Gasteiger partial charge in [0, 0.05) is 43.7 Å². The molecule has 3 heteroatoms. The van der Waals surface area contributed by atoms with E-state index in [1.807, 2.05) is 60.7 Å². The van der Waals surface area contributed by atoms with Gasteiger partial charge >= 0.3 is 0 Å². The van der Waals surface area contributed by atoms with Crippen LogP contribution in [-0.2, 0) is 0 Å². The van der Waals surface area contributed by atoms with E-state index in [1.54, 1.807) is 0 Å². The molecular formula is C40H24N2O. The van der Waals surface area contributed by atoms with Crippen molar-refractivity contribution in [1.82, 2.24) is 9.13 Å².